The highest BCUT2D eigenvalue weighted by Crippen LogP contribution is 2.35. The molecule has 0 spiro atoms. The maximum absolute atomic E-state index is 13.2. The molecule has 1 aromatic carbocycles. The Labute approximate surface area is 170 Å². The number of alkyl halides is 3. The standard InChI is InChI=1S/C21H20F3N3OS/c22-21(23,24)17-9-4-3-8-16(17)20(28)25-13-14-12-18(19-10-5-11-29-19)27(26-14)15-6-1-2-7-15/h3-5,8-12,15H,1-2,6-7,13H2,(H,25,28). The number of nitrogens with one attached hydrogen (secondary N) is 1. The second kappa shape index (κ2) is 8.02. The van der Waals surface area contributed by atoms with Crippen LogP contribution in [-0.2, 0) is 12.7 Å². The summed E-state index contributed by atoms with van der Waals surface area (Å²) in [6, 6.07) is 11.0. The molecule has 4 nitrogen and oxygen atoms in total. The summed E-state index contributed by atoms with van der Waals surface area (Å²) in [5.74, 6) is -0.758. The fourth-order valence-electron chi connectivity index (χ4n) is 3.76. The summed E-state index contributed by atoms with van der Waals surface area (Å²) < 4.78 is 41.5. The molecular weight excluding hydrogens is 399 g/mol. The largest absolute Gasteiger partial charge is 0.417 e. The summed E-state index contributed by atoms with van der Waals surface area (Å²) in [5.41, 5.74) is 0.312. The zero-order chi connectivity index (χ0) is 20.4. The Kier molecular flexibility index (Phi) is 5.45. The van der Waals surface area contributed by atoms with Crippen molar-refractivity contribution in [3.05, 3.63) is 64.7 Å². The lowest BCUT2D eigenvalue weighted by Crippen LogP contribution is -2.26. The van der Waals surface area contributed by atoms with Gasteiger partial charge in [0.25, 0.3) is 5.91 Å². The summed E-state index contributed by atoms with van der Waals surface area (Å²) >= 11 is 1.62. The van der Waals surface area contributed by atoms with Gasteiger partial charge in [-0.25, -0.2) is 0 Å². The van der Waals surface area contributed by atoms with E-state index in [0.29, 0.717) is 11.7 Å². The Morgan fingerprint density at radius 1 is 1.17 bits per heavy atom. The molecule has 4 rings (SSSR count). The Balaban J connectivity index is 1.55. The number of carbonyl (C=O) groups is 1. The maximum atomic E-state index is 13.2. The van der Waals surface area contributed by atoms with Gasteiger partial charge in [-0.2, -0.15) is 18.3 Å². The van der Waals surface area contributed by atoms with E-state index in [4.69, 9.17) is 0 Å². The third-order valence-electron chi connectivity index (χ3n) is 5.14. The lowest BCUT2D eigenvalue weighted by molar-refractivity contribution is -0.137. The summed E-state index contributed by atoms with van der Waals surface area (Å²) in [6.07, 6.45) is -0.136. The van der Waals surface area contributed by atoms with E-state index in [9.17, 15) is 18.0 Å². The topological polar surface area (TPSA) is 46.9 Å². The molecule has 0 atom stereocenters. The summed E-state index contributed by atoms with van der Waals surface area (Å²) in [4.78, 5) is 13.5. The average molecular weight is 419 g/mol. The summed E-state index contributed by atoms with van der Waals surface area (Å²) in [5, 5.41) is 9.26. The molecule has 1 amide bonds. The van der Waals surface area contributed by atoms with E-state index in [1.165, 1.54) is 18.2 Å². The number of rotatable bonds is 5. The highest BCUT2D eigenvalue weighted by atomic mass is 32.1. The van der Waals surface area contributed by atoms with Crippen LogP contribution in [0.25, 0.3) is 10.6 Å². The van der Waals surface area contributed by atoms with Crippen LogP contribution in [0.1, 0.15) is 53.3 Å². The first-order chi connectivity index (χ1) is 13.9. The molecule has 8 heteroatoms. The van der Waals surface area contributed by atoms with E-state index in [2.05, 4.69) is 10.4 Å². The predicted octanol–water partition coefficient (Wildman–Crippen LogP) is 5.68. The second-order valence-corrected chi connectivity index (χ2v) is 8.05. The average Bonchev–Trinajstić information content (AvgIpc) is 3.46. The maximum Gasteiger partial charge on any atom is 0.417 e. The number of aromatic nitrogens is 2. The first-order valence-electron chi connectivity index (χ1n) is 9.50. The number of hydrogen-bond donors (Lipinski definition) is 1. The van der Waals surface area contributed by atoms with Crippen LogP contribution in [0.4, 0.5) is 13.2 Å². The minimum absolute atomic E-state index is 0.0725. The van der Waals surface area contributed by atoms with Gasteiger partial charge in [0.15, 0.2) is 0 Å². The van der Waals surface area contributed by atoms with Crippen LogP contribution in [0.5, 0.6) is 0 Å². The molecule has 0 radical (unpaired) electrons. The summed E-state index contributed by atoms with van der Waals surface area (Å²) in [6.45, 7) is 0.0725. The molecule has 0 aliphatic heterocycles. The first kappa shape index (κ1) is 19.7. The number of amides is 1. The van der Waals surface area contributed by atoms with Crippen molar-refractivity contribution in [1.82, 2.24) is 15.1 Å². The number of halogens is 3. The van der Waals surface area contributed by atoms with Gasteiger partial charge in [-0.05, 0) is 42.5 Å². The number of hydrogen-bond acceptors (Lipinski definition) is 3. The van der Waals surface area contributed by atoms with Gasteiger partial charge < -0.3 is 5.32 Å². The third kappa shape index (κ3) is 4.22. The monoisotopic (exact) mass is 419 g/mol. The molecule has 152 valence electrons. The molecule has 0 saturated heterocycles. The van der Waals surface area contributed by atoms with Gasteiger partial charge in [0, 0.05) is 0 Å². The van der Waals surface area contributed by atoms with Crippen LogP contribution in [0.2, 0.25) is 0 Å². The number of nitrogens with zero attached hydrogens (tertiary/aromatic N) is 2. The van der Waals surface area contributed by atoms with Gasteiger partial charge in [0.2, 0.25) is 0 Å². The molecule has 2 aromatic heterocycles. The van der Waals surface area contributed by atoms with E-state index in [0.717, 1.165) is 42.3 Å². The summed E-state index contributed by atoms with van der Waals surface area (Å²) in [7, 11) is 0. The van der Waals surface area contributed by atoms with Crippen LogP contribution < -0.4 is 5.32 Å². The Bertz CT molecular complexity index is 989. The zero-order valence-electron chi connectivity index (χ0n) is 15.6. The number of thiophene rings is 1. The van der Waals surface area contributed by atoms with E-state index in [1.54, 1.807) is 11.3 Å². The molecule has 3 aromatic rings. The van der Waals surface area contributed by atoms with Crippen molar-refractivity contribution in [2.75, 3.05) is 0 Å². The molecule has 0 bridgehead atoms. The van der Waals surface area contributed by atoms with Crippen molar-refractivity contribution in [3.8, 4) is 10.6 Å². The van der Waals surface area contributed by atoms with Crippen LogP contribution in [0.15, 0.2) is 47.8 Å². The molecular formula is C21H20F3N3OS. The van der Waals surface area contributed by atoms with Crippen LogP contribution >= 0.6 is 11.3 Å². The molecule has 1 aliphatic rings. The zero-order valence-corrected chi connectivity index (χ0v) is 16.4. The molecule has 1 fully saturated rings. The van der Waals surface area contributed by atoms with Gasteiger partial charge in [-0.1, -0.05) is 31.0 Å². The van der Waals surface area contributed by atoms with E-state index >= 15 is 0 Å². The second-order valence-electron chi connectivity index (χ2n) is 7.11. The fourth-order valence-corrected chi connectivity index (χ4v) is 4.50. The van der Waals surface area contributed by atoms with Gasteiger partial charge >= 0.3 is 6.18 Å². The van der Waals surface area contributed by atoms with Crippen molar-refractivity contribution in [3.63, 3.8) is 0 Å². The van der Waals surface area contributed by atoms with Gasteiger partial charge in [0.1, 0.15) is 0 Å². The van der Waals surface area contributed by atoms with Gasteiger partial charge in [-0.3, -0.25) is 9.48 Å². The van der Waals surface area contributed by atoms with Gasteiger partial charge in [0.05, 0.1) is 40.0 Å². The molecule has 29 heavy (non-hydrogen) atoms. The van der Waals surface area contributed by atoms with E-state index in [1.807, 2.05) is 28.3 Å². The van der Waals surface area contributed by atoms with Crippen molar-refractivity contribution < 1.29 is 18.0 Å². The van der Waals surface area contributed by atoms with Crippen LogP contribution in [-0.4, -0.2) is 15.7 Å². The van der Waals surface area contributed by atoms with E-state index in [-0.39, 0.29) is 12.1 Å². The molecule has 1 N–H and O–H groups in total. The molecule has 1 saturated carbocycles. The molecule has 0 unspecified atom stereocenters. The van der Waals surface area contributed by atoms with E-state index < -0.39 is 17.6 Å². The van der Waals surface area contributed by atoms with Gasteiger partial charge in [-0.15, -0.1) is 11.3 Å². The van der Waals surface area contributed by atoms with Crippen molar-refractivity contribution in [2.24, 2.45) is 0 Å². The highest BCUT2D eigenvalue weighted by molar-refractivity contribution is 7.13. The lowest BCUT2D eigenvalue weighted by atomic mass is 10.1. The quantitative estimate of drug-likeness (QED) is 0.579. The molecule has 2 heterocycles. The number of carbonyl (C=O) groups excluding carboxylic acids is 1. The van der Waals surface area contributed by atoms with Crippen LogP contribution in [0, 0.1) is 0 Å². The van der Waals surface area contributed by atoms with Crippen molar-refractivity contribution in [1.29, 1.82) is 0 Å². The lowest BCUT2D eigenvalue weighted by Gasteiger charge is -2.13. The van der Waals surface area contributed by atoms with Crippen molar-refractivity contribution in [2.45, 2.75) is 44.4 Å². The SMILES string of the molecule is O=C(NCc1cc(-c2cccs2)n(C2CCCC2)n1)c1ccccc1C(F)(F)F. The number of benzene rings is 1. The van der Waals surface area contributed by atoms with Crippen molar-refractivity contribution >= 4 is 17.2 Å². The molecule has 1 aliphatic carbocycles. The minimum Gasteiger partial charge on any atom is -0.346 e. The fraction of sp³-hybridized carbons (Fsp3) is 0.333. The smallest absolute Gasteiger partial charge is 0.346 e. The first-order valence-corrected chi connectivity index (χ1v) is 10.4. The Hall–Kier alpha value is -2.61. The predicted molar refractivity (Wildman–Crippen MR) is 106 cm³/mol. The third-order valence-corrected chi connectivity index (χ3v) is 6.03. The van der Waals surface area contributed by atoms with Crippen LogP contribution in [0.3, 0.4) is 0 Å². The normalized spacial score (nSPS) is 15.0. The minimum atomic E-state index is -4.58. The Morgan fingerprint density at radius 3 is 2.62 bits per heavy atom. The highest BCUT2D eigenvalue weighted by Gasteiger charge is 2.34. The Morgan fingerprint density at radius 2 is 1.93 bits per heavy atom.